The van der Waals surface area contributed by atoms with Crippen molar-refractivity contribution in [3.8, 4) is 0 Å². The van der Waals surface area contributed by atoms with E-state index in [2.05, 4.69) is 21.4 Å². The van der Waals surface area contributed by atoms with Gasteiger partial charge in [0.25, 0.3) is 5.91 Å². The molecule has 1 heterocycles. The minimum absolute atomic E-state index is 0.103. The normalized spacial score (nSPS) is 12.9. The van der Waals surface area contributed by atoms with Gasteiger partial charge in [-0.2, -0.15) is 0 Å². The number of aryl methyl sites for hydroxylation is 2. The highest BCUT2D eigenvalue weighted by Crippen LogP contribution is 2.22. The number of aromatic nitrogens is 2. The van der Waals surface area contributed by atoms with E-state index in [1.54, 1.807) is 0 Å². The van der Waals surface area contributed by atoms with E-state index in [0.717, 1.165) is 40.0 Å². The number of halogens is 1. The SMILES string of the molecule is Cc1cc(C)c(C)c(C(=O)NC(CCCN=C(N)CCl)c2nc3ccccc3[nH]2)c1. The summed E-state index contributed by atoms with van der Waals surface area (Å²) in [5, 5.41) is 3.17. The van der Waals surface area contributed by atoms with Crippen molar-refractivity contribution in [1.29, 1.82) is 0 Å². The van der Waals surface area contributed by atoms with Gasteiger partial charge >= 0.3 is 0 Å². The van der Waals surface area contributed by atoms with Gasteiger partial charge in [0.15, 0.2) is 0 Å². The third-order valence-electron chi connectivity index (χ3n) is 5.20. The molecule has 0 radical (unpaired) electrons. The average molecular weight is 426 g/mol. The molecule has 7 heteroatoms. The van der Waals surface area contributed by atoms with Crippen LogP contribution in [0.5, 0.6) is 0 Å². The molecular weight excluding hydrogens is 398 g/mol. The number of amides is 1. The molecule has 1 atom stereocenters. The van der Waals surface area contributed by atoms with Crippen molar-refractivity contribution in [3.05, 3.63) is 64.5 Å². The summed E-state index contributed by atoms with van der Waals surface area (Å²) in [5.41, 5.74) is 11.3. The van der Waals surface area contributed by atoms with Crippen molar-refractivity contribution < 1.29 is 4.79 Å². The van der Waals surface area contributed by atoms with Crippen LogP contribution >= 0.6 is 11.6 Å². The molecule has 1 aromatic heterocycles. The highest BCUT2D eigenvalue weighted by molar-refractivity contribution is 6.27. The smallest absolute Gasteiger partial charge is 0.252 e. The second-order valence-corrected chi connectivity index (χ2v) is 7.84. The fourth-order valence-electron chi connectivity index (χ4n) is 3.49. The van der Waals surface area contributed by atoms with Gasteiger partial charge in [-0.05, 0) is 62.9 Å². The van der Waals surface area contributed by atoms with Crippen LogP contribution in [0.3, 0.4) is 0 Å². The zero-order chi connectivity index (χ0) is 21.7. The van der Waals surface area contributed by atoms with Gasteiger partial charge in [0.05, 0.1) is 23.0 Å². The Hall–Kier alpha value is -2.86. The lowest BCUT2D eigenvalue weighted by Gasteiger charge is -2.18. The lowest BCUT2D eigenvalue weighted by molar-refractivity contribution is 0.0931. The molecule has 0 spiro atoms. The zero-order valence-electron chi connectivity index (χ0n) is 17.6. The lowest BCUT2D eigenvalue weighted by Crippen LogP contribution is -2.30. The molecule has 30 heavy (non-hydrogen) atoms. The maximum atomic E-state index is 13.1. The van der Waals surface area contributed by atoms with E-state index in [-0.39, 0.29) is 17.8 Å². The Morgan fingerprint density at radius 1 is 1.27 bits per heavy atom. The Labute approximate surface area is 181 Å². The molecule has 1 amide bonds. The number of carbonyl (C=O) groups excluding carboxylic acids is 1. The summed E-state index contributed by atoms with van der Waals surface area (Å²) >= 11 is 5.68. The number of aliphatic imine (C=N–C) groups is 1. The summed E-state index contributed by atoms with van der Waals surface area (Å²) in [4.78, 5) is 25.4. The molecule has 0 fully saturated rings. The molecular formula is C23H28ClN5O. The number of nitrogens with one attached hydrogen (secondary N) is 2. The predicted molar refractivity (Wildman–Crippen MR) is 123 cm³/mol. The molecule has 1 unspecified atom stereocenters. The molecule has 0 saturated carbocycles. The van der Waals surface area contributed by atoms with Crippen molar-refractivity contribution in [2.24, 2.45) is 10.7 Å². The third-order valence-corrected chi connectivity index (χ3v) is 5.48. The van der Waals surface area contributed by atoms with Crippen LogP contribution in [-0.2, 0) is 0 Å². The number of aromatic amines is 1. The molecule has 158 valence electrons. The molecule has 3 aromatic rings. The van der Waals surface area contributed by atoms with Crippen LogP contribution in [0.4, 0.5) is 0 Å². The molecule has 2 aromatic carbocycles. The van der Waals surface area contributed by atoms with Gasteiger partial charge < -0.3 is 16.0 Å². The number of imidazole rings is 1. The number of H-pyrrole nitrogens is 1. The van der Waals surface area contributed by atoms with Crippen LogP contribution in [0, 0.1) is 20.8 Å². The largest absolute Gasteiger partial charge is 0.386 e. The maximum absolute atomic E-state index is 13.1. The Kier molecular flexibility index (Phi) is 7.11. The van der Waals surface area contributed by atoms with E-state index in [9.17, 15) is 4.79 Å². The summed E-state index contributed by atoms with van der Waals surface area (Å²) in [7, 11) is 0. The van der Waals surface area contributed by atoms with E-state index in [4.69, 9.17) is 22.3 Å². The Balaban J connectivity index is 1.84. The van der Waals surface area contributed by atoms with Gasteiger partial charge in [-0.15, -0.1) is 11.6 Å². The van der Waals surface area contributed by atoms with Gasteiger partial charge in [0, 0.05) is 12.1 Å². The monoisotopic (exact) mass is 425 g/mol. The van der Waals surface area contributed by atoms with Crippen LogP contribution in [0.1, 0.15) is 51.8 Å². The number of benzene rings is 2. The average Bonchev–Trinajstić information content (AvgIpc) is 3.16. The first-order valence-corrected chi connectivity index (χ1v) is 10.6. The third kappa shape index (κ3) is 5.19. The number of hydrogen-bond donors (Lipinski definition) is 3. The molecule has 0 aliphatic rings. The molecule has 6 nitrogen and oxygen atoms in total. The standard InChI is InChI=1S/C23H28ClN5O/c1-14-11-15(2)16(3)17(12-14)23(30)29-20(9-6-10-26-21(25)13-24)22-27-18-7-4-5-8-19(18)28-22/h4-5,7-8,11-12,20H,6,9-10,13H2,1-3H3,(H2,25,26)(H,27,28)(H,29,30). The van der Waals surface area contributed by atoms with Gasteiger partial charge in [-0.3, -0.25) is 9.79 Å². The fourth-order valence-corrected chi connectivity index (χ4v) is 3.57. The van der Waals surface area contributed by atoms with Crippen molar-refractivity contribution in [2.45, 2.75) is 39.7 Å². The van der Waals surface area contributed by atoms with Crippen LogP contribution < -0.4 is 11.1 Å². The van der Waals surface area contributed by atoms with Gasteiger partial charge in [-0.25, -0.2) is 4.98 Å². The summed E-state index contributed by atoms with van der Waals surface area (Å²) < 4.78 is 0. The second kappa shape index (κ2) is 9.76. The first-order valence-electron chi connectivity index (χ1n) is 10.1. The van der Waals surface area contributed by atoms with Gasteiger partial charge in [0.1, 0.15) is 11.7 Å². The number of alkyl halides is 1. The molecule has 4 N–H and O–H groups in total. The molecule has 0 bridgehead atoms. The van der Waals surface area contributed by atoms with E-state index in [1.165, 1.54) is 0 Å². The summed E-state index contributed by atoms with van der Waals surface area (Å²) in [6, 6.07) is 11.6. The van der Waals surface area contributed by atoms with Gasteiger partial charge in [0.2, 0.25) is 0 Å². The lowest BCUT2D eigenvalue weighted by atomic mass is 9.99. The van der Waals surface area contributed by atoms with Crippen molar-refractivity contribution in [2.75, 3.05) is 12.4 Å². The summed E-state index contributed by atoms with van der Waals surface area (Å²) in [6.07, 6.45) is 1.42. The Morgan fingerprint density at radius 2 is 2.03 bits per heavy atom. The van der Waals surface area contributed by atoms with Crippen LogP contribution in [0.15, 0.2) is 41.4 Å². The van der Waals surface area contributed by atoms with E-state index in [0.29, 0.717) is 24.4 Å². The molecule has 0 saturated heterocycles. The van der Waals surface area contributed by atoms with E-state index in [1.807, 2.05) is 51.1 Å². The minimum Gasteiger partial charge on any atom is -0.386 e. The summed E-state index contributed by atoms with van der Waals surface area (Å²) in [5.74, 6) is 1.27. The number of fused-ring (bicyclic) bond motifs is 1. The van der Waals surface area contributed by atoms with Gasteiger partial charge in [-0.1, -0.05) is 23.8 Å². The van der Waals surface area contributed by atoms with Crippen molar-refractivity contribution >= 4 is 34.4 Å². The maximum Gasteiger partial charge on any atom is 0.252 e. The second-order valence-electron chi connectivity index (χ2n) is 7.57. The van der Waals surface area contributed by atoms with Crippen LogP contribution in [0.2, 0.25) is 0 Å². The molecule has 0 aliphatic carbocycles. The first kappa shape index (κ1) is 21.8. The number of carbonyl (C=O) groups is 1. The number of nitrogens with zero attached hydrogens (tertiary/aromatic N) is 2. The number of hydrogen-bond acceptors (Lipinski definition) is 3. The molecule has 3 rings (SSSR count). The number of para-hydroxylation sites is 2. The zero-order valence-corrected chi connectivity index (χ0v) is 18.4. The molecule has 0 aliphatic heterocycles. The first-order chi connectivity index (χ1) is 14.4. The van der Waals surface area contributed by atoms with Crippen LogP contribution in [0.25, 0.3) is 11.0 Å². The van der Waals surface area contributed by atoms with Crippen LogP contribution in [-0.4, -0.2) is 34.1 Å². The number of rotatable bonds is 8. The Bertz CT molecular complexity index is 1040. The van der Waals surface area contributed by atoms with Crippen molar-refractivity contribution in [3.63, 3.8) is 0 Å². The quantitative estimate of drug-likeness (QED) is 0.217. The topological polar surface area (TPSA) is 96.2 Å². The fraction of sp³-hybridized carbons (Fsp3) is 0.348. The predicted octanol–water partition coefficient (Wildman–Crippen LogP) is 4.34. The van der Waals surface area contributed by atoms with E-state index >= 15 is 0 Å². The number of nitrogens with two attached hydrogens (primary N) is 1. The highest BCUT2D eigenvalue weighted by Gasteiger charge is 2.20. The van der Waals surface area contributed by atoms with E-state index < -0.39 is 0 Å². The van der Waals surface area contributed by atoms with Crippen molar-refractivity contribution in [1.82, 2.24) is 15.3 Å². The minimum atomic E-state index is -0.266. The Morgan fingerprint density at radius 3 is 2.77 bits per heavy atom. The summed E-state index contributed by atoms with van der Waals surface area (Å²) in [6.45, 7) is 6.55. The highest BCUT2D eigenvalue weighted by atomic mass is 35.5. The number of amidine groups is 1.